The predicted molar refractivity (Wildman–Crippen MR) is 70.6 cm³/mol. The summed E-state index contributed by atoms with van der Waals surface area (Å²) in [5.74, 6) is 0. The number of hydrogen-bond acceptors (Lipinski definition) is 2. The lowest BCUT2D eigenvalue weighted by Gasteiger charge is -2.17. The first kappa shape index (κ1) is 11.9. The molecule has 2 aromatic rings. The van der Waals surface area contributed by atoms with Crippen LogP contribution in [0.15, 0.2) is 36.9 Å². The van der Waals surface area contributed by atoms with Crippen LogP contribution >= 0.6 is 15.9 Å². The fourth-order valence-electron chi connectivity index (χ4n) is 1.80. The van der Waals surface area contributed by atoms with Crippen LogP contribution in [-0.4, -0.2) is 4.73 Å². The Labute approximate surface area is 107 Å². The molecule has 1 heterocycles. The van der Waals surface area contributed by atoms with E-state index in [0.29, 0.717) is 34.2 Å². The Morgan fingerprint density at radius 1 is 1.47 bits per heavy atom. The normalized spacial score (nSPS) is 10.6. The average molecular weight is 295 g/mol. The van der Waals surface area contributed by atoms with Crippen molar-refractivity contribution in [3.8, 4) is 0 Å². The molecule has 0 radical (unpaired) electrons. The first-order chi connectivity index (χ1) is 8.20. The van der Waals surface area contributed by atoms with E-state index in [9.17, 15) is 10.1 Å². The summed E-state index contributed by atoms with van der Waals surface area (Å²) in [6.07, 6.45) is 1.99. The molecule has 0 aliphatic heterocycles. The highest BCUT2D eigenvalue weighted by Gasteiger charge is 2.19. The van der Waals surface area contributed by atoms with Crippen LogP contribution in [0.2, 0.25) is 0 Å². The zero-order chi connectivity index (χ0) is 12.4. The lowest BCUT2D eigenvalue weighted by atomic mass is 10.2. The van der Waals surface area contributed by atoms with Crippen LogP contribution in [0, 0.1) is 10.1 Å². The molecule has 0 bridgehead atoms. The Bertz CT molecular complexity index is 634. The Morgan fingerprint density at radius 3 is 2.82 bits per heavy atom. The maximum atomic E-state index is 12.1. The van der Waals surface area contributed by atoms with Crippen molar-refractivity contribution in [2.75, 3.05) is 0 Å². The molecule has 0 aliphatic rings. The number of nitrogens with zero attached hydrogens (tertiary/aromatic N) is 2. The minimum absolute atomic E-state index is 0.340. The van der Waals surface area contributed by atoms with Crippen LogP contribution in [0.5, 0.6) is 0 Å². The zero-order valence-electron chi connectivity index (χ0n) is 9.10. The maximum Gasteiger partial charge on any atom is 0.286 e. The Morgan fingerprint density at radius 2 is 2.18 bits per heavy atom. The molecule has 0 saturated carbocycles. The number of fused-ring (bicyclic) bond motifs is 1. The van der Waals surface area contributed by atoms with E-state index >= 15 is 0 Å². The number of hydrogen-bond donors (Lipinski definition) is 0. The fourth-order valence-corrected chi connectivity index (χ4v) is 2.35. The van der Waals surface area contributed by atoms with Crippen molar-refractivity contribution < 1.29 is 4.43 Å². The Hall–Kier alpha value is -1.62. The second-order valence-electron chi connectivity index (χ2n) is 3.60. The minimum atomic E-state index is 0.340. The summed E-state index contributed by atoms with van der Waals surface area (Å²) in [6, 6.07) is 6.76. The molecule has 0 saturated heterocycles. The lowest BCUT2D eigenvalue weighted by molar-refractivity contribution is -0.475. The van der Waals surface area contributed by atoms with E-state index in [1.165, 1.54) is 0 Å². The summed E-state index contributed by atoms with van der Waals surface area (Å²) in [6.45, 7) is 3.60. The van der Waals surface area contributed by atoms with E-state index in [0.717, 1.165) is 9.16 Å². The van der Waals surface area contributed by atoms with Crippen molar-refractivity contribution in [1.82, 2.24) is 4.73 Å². The van der Waals surface area contributed by atoms with Gasteiger partial charge in [0.2, 0.25) is 0 Å². The number of rotatable bonds is 3. The molecule has 17 heavy (non-hydrogen) atoms. The highest BCUT2D eigenvalue weighted by molar-refractivity contribution is 9.08. The summed E-state index contributed by atoms with van der Waals surface area (Å²) in [7, 11) is 0. The molecule has 88 valence electrons. The van der Waals surface area contributed by atoms with Crippen LogP contribution in [0.4, 0.5) is 0 Å². The number of halogens is 1. The highest BCUT2D eigenvalue weighted by atomic mass is 79.9. The quantitative estimate of drug-likeness (QED) is 0.496. The monoisotopic (exact) mass is 294 g/mol. The van der Waals surface area contributed by atoms with Crippen molar-refractivity contribution in [3.63, 3.8) is 0 Å². The third-order valence-corrected chi connectivity index (χ3v) is 3.14. The Kier molecular flexibility index (Phi) is 3.28. The summed E-state index contributed by atoms with van der Waals surface area (Å²) < 4.78 is 1.61. The van der Waals surface area contributed by atoms with Crippen LogP contribution in [0.3, 0.4) is 0 Å². The summed E-state index contributed by atoms with van der Waals surface area (Å²) in [5.41, 5.74) is 1.62. The third-order valence-electron chi connectivity index (χ3n) is 2.61. The van der Waals surface area contributed by atoms with Gasteiger partial charge in [0, 0.05) is 16.3 Å². The smallest absolute Gasteiger partial charge is 0.286 e. The third kappa shape index (κ3) is 1.86. The molecule has 0 spiro atoms. The summed E-state index contributed by atoms with van der Waals surface area (Å²) in [5, 5.41) is 12.4. The lowest BCUT2D eigenvalue weighted by Crippen LogP contribution is -2.27. The second kappa shape index (κ2) is 4.71. The van der Waals surface area contributed by atoms with Gasteiger partial charge in [-0.3, -0.25) is 0 Å². The molecule has 0 atom stereocenters. The topological polar surface area (TPSA) is 51.0 Å². The van der Waals surface area contributed by atoms with E-state index < -0.39 is 0 Å². The average Bonchev–Trinajstić information content (AvgIpc) is 2.36. The van der Waals surface area contributed by atoms with Gasteiger partial charge in [0.25, 0.3) is 11.2 Å². The second-order valence-corrected chi connectivity index (χ2v) is 4.16. The van der Waals surface area contributed by atoms with E-state index in [1.54, 1.807) is 30.3 Å². The van der Waals surface area contributed by atoms with Crippen molar-refractivity contribution in [1.29, 1.82) is 0 Å². The predicted octanol–water partition coefficient (Wildman–Crippen LogP) is 2.53. The van der Waals surface area contributed by atoms with Gasteiger partial charge in [0.1, 0.15) is 5.52 Å². The van der Waals surface area contributed by atoms with Gasteiger partial charge in [-0.2, -0.15) is 0 Å². The van der Waals surface area contributed by atoms with E-state index in [1.807, 2.05) is 0 Å². The molecule has 4 nitrogen and oxygen atoms in total. The minimum Gasteiger partial charge on any atom is -0.805 e. The van der Waals surface area contributed by atoms with Crippen molar-refractivity contribution >= 4 is 27.0 Å². The maximum absolute atomic E-state index is 12.1. The van der Waals surface area contributed by atoms with Crippen molar-refractivity contribution in [3.05, 3.63) is 58.4 Å². The number of alkyl halides is 1. The molecule has 1 aromatic heterocycles. The van der Waals surface area contributed by atoms with Gasteiger partial charge in [0.05, 0.1) is 16.5 Å². The van der Waals surface area contributed by atoms with Crippen LogP contribution in [0.1, 0.15) is 11.4 Å². The molecular weight excluding hydrogens is 284 g/mol. The first-order valence-electron chi connectivity index (χ1n) is 5.13. The van der Waals surface area contributed by atoms with Gasteiger partial charge in [-0.15, -0.1) is 6.58 Å². The van der Waals surface area contributed by atoms with Gasteiger partial charge in [-0.1, -0.05) is 34.1 Å². The van der Waals surface area contributed by atoms with Gasteiger partial charge in [-0.25, -0.2) is 0 Å². The molecule has 0 N–H and O–H groups in total. The van der Waals surface area contributed by atoms with Crippen molar-refractivity contribution in [2.24, 2.45) is 0 Å². The summed E-state index contributed by atoms with van der Waals surface area (Å²) in [4.78, 5) is 12.1. The van der Waals surface area contributed by atoms with E-state index in [-0.39, 0.29) is 0 Å². The number of para-hydroxylation sites is 2. The number of aromatic nitrogens is 2. The molecule has 1 aromatic carbocycles. The number of allylic oxidation sites excluding steroid dienone is 1. The zero-order valence-corrected chi connectivity index (χ0v) is 10.7. The summed E-state index contributed by atoms with van der Waals surface area (Å²) >= 11 is 3.24. The Balaban J connectivity index is 2.93. The first-order valence-corrected chi connectivity index (χ1v) is 6.25. The molecule has 0 amide bonds. The van der Waals surface area contributed by atoms with Crippen LogP contribution < -0.4 is 4.43 Å². The molecule has 0 unspecified atom stereocenters. The van der Waals surface area contributed by atoms with Crippen LogP contribution in [-0.2, 0) is 11.8 Å². The molecule has 0 aliphatic carbocycles. The SMILES string of the molecule is C=CCc1c(CBr)n([O-])c2ccccc2[n+]1=O. The largest absolute Gasteiger partial charge is 0.805 e. The van der Waals surface area contributed by atoms with Gasteiger partial charge in [-0.05, 0) is 6.07 Å². The molecule has 0 fully saturated rings. The van der Waals surface area contributed by atoms with Gasteiger partial charge >= 0.3 is 0 Å². The van der Waals surface area contributed by atoms with Gasteiger partial charge in [0.15, 0.2) is 0 Å². The van der Waals surface area contributed by atoms with Crippen LogP contribution in [0.25, 0.3) is 11.0 Å². The highest BCUT2D eigenvalue weighted by Crippen LogP contribution is 2.16. The fraction of sp³-hybridized carbons (Fsp3) is 0.167. The number of benzene rings is 1. The van der Waals surface area contributed by atoms with E-state index in [2.05, 4.69) is 22.5 Å². The van der Waals surface area contributed by atoms with Crippen molar-refractivity contribution in [2.45, 2.75) is 11.8 Å². The van der Waals surface area contributed by atoms with Gasteiger partial charge < -0.3 is 9.94 Å². The van der Waals surface area contributed by atoms with E-state index in [4.69, 9.17) is 0 Å². The molecule has 5 heteroatoms. The molecular formula is C12H11BrN2O2. The molecule has 2 rings (SSSR count). The standard InChI is InChI=1S/C12H11BrN2O2/c1-2-5-9-12(8-13)15(17)11-7-4-3-6-10(11)14(9)16/h2-4,6-7H,1,5,8H2.